The molecule has 1 rings (SSSR count). The average Bonchev–Trinajstić information content (AvgIpc) is 2.46. The Labute approximate surface area is 130 Å². The number of carboxylic acids is 1. The van der Waals surface area contributed by atoms with E-state index in [1.165, 1.54) is 24.3 Å². The largest absolute Gasteiger partial charge is 0.481 e. The summed E-state index contributed by atoms with van der Waals surface area (Å²) in [5.74, 6) is -2.25. The van der Waals surface area contributed by atoms with Crippen LogP contribution in [-0.2, 0) is 4.79 Å². The number of aliphatic carboxylic acids is 1. The summed E-state index contributed by atoms with van der Waals surface area (Å²) in [6.45, 7) is 6.19. The monoisotopic (exact) mass is 309 g/mol. The summed E-state index contributed by atoms with van der Waals surface area (Å²) in [5.41, 5.74) is 0.362. The van der Waals surface area contributed by atoms with Crippen LogP contribution in [0, 0.1) is 11.7 Å². The second kappa shape index (κ2) is 9.30. The third-order valence-electron chi connectivity index (χ3n) is 3.48. The van der Waals surface area contributed by atoms with E-state index in [4.69, 9.17) is 5.11 Å². The summed E-state index contributed by atoms with van der Waals surface area (Å²) in [6, 6.07) is 5.27. The van der Waals surface area contributed by atoms with Crippen molar-refractivity contribution in [2.45, 2.75) is 33.1 Å². The van der Waals surface area contributed by atoms with Crippen LogP contribution in [0.4, 0.5) is 4.39 Å². The van der Waals surface area contributed by atoms with Crippen LogP contribution in [0.15, 0.2) is 24.3 Å². The normalized spacial score (nSPS) is 12.4. The lowest BCUT2D eigenvalue weighted by molar-refractivity contribution is -0.137. The highest BCUT2D eigenvalue weighted by atomic mass is 19.1. The molecule has 4 nitrogen and oxygen atoms in total. The van der Waals surface area contributed by atoms with E-state index < -0.39 is 17.7 Å². The first-order valence-corrected chi connectivity index (χ1v) is 7.71. The van der Waals surface area contributed by atoms with E-state index in [2.05, 4.69) is 18.7 Å². The highest BCUT2D eigenvalue weighted by Gasteiger charge is 2.25. The highest BCUT2D eigenvalue weighted by Crippen LogP contribution is 2.16. The smallest absolute Gasteiger partial charge is 0.304 e. The van der Waals surface area contributed by atoms with E-state index in [1.807, 2.05) is 0 Å². The van der Waals surface area contributed by atoms with E-state index in [0.717, 1.165) is 25.9 Å². The minimum Gasteiger partial charge on any atom is -0.481 e. The molecule has 0 aliphatic carbocycles. The minimum atomic E-state index is -0.992. The molecule has 0 radical (unpaired) electrons. The molecule has 0 bridgehead atoms. The number of hydrogen-bond acceptors (Lipinski definition) is 3. The van der Waals surface area contributed by atoms with Gasteiger partial charge in [-0.2, -0.15) is 0 Å². The predicted molar refractivity (Wildman–Crippen MR) is 83.5 cm³/mol. The Kier molecular flexibility index (Phi) is 7.74. The van der Waals surface area contributed by atoms with Crippen molar-refractivity contribution in [3.05, 3.63) is 35.6 Å². The summed E-state index contributed by atoms with van der Waals surface area (Å²) >= 11 is 0. The van der Waals surface area contributed by atoms with Crippen molar-refractivity contribution in [1.29, 1.82) is 0 Å². The first-order valence-electron chi connectivity index (χ1n) is 7.71. The van der Waals surface area contributed by atoms with Crippen LogP contribution in [0.25, 0.3) is 0 Å². The van der Waals surface area contributed by atoms with Crippen LogP contribution in [0.5, 0.6) is 0 Å². The number of Topliss-reactive ketones (excluding diaryl/α,β-unsaturated/α-hetero) is 1. The van der Waals surface area contributed by atoms with E-state index in [-0.39, 0.29) is 12.2 Å². The van der Waals surface area contributed by atoms with Gasteiger partial charge in [0.2, 0.25) is 0 Å². The summed E-state index contributed by atoms with van der Waals surface area (Å²) in [7, 11) is 0. The highest BCUT2D eigenvalue weighted by molar-refractivity contribution is 5.99. The maximum absolute atomic E-state index is 13.0. The maximum atomic E-state index is 13.0. The Bertz CT molecular complexity index is 481. The molecular weight excluding hydrogens is 285 g/mol. The van der Waals surface area contributed by atoms with Gasteiger partial charge in [0.25, 0.3) is 0 Å². The molecule has 5 heteroatoms. The van der Waals surface area contributed by atoms with Gasteiger partial charge in [0, 0.05) is 18.0 Å². The molecule has 1 aromatic carbocycles. The van der Waals surface area contributed by atoms with Crippen LogP contribution in [0.3, 0.4) is 0 Å². The fourth-order valence-electron chi connectivity index (χ4n) is 2.54. The van der Waals surface area contributed by atoms with E-state index in [1.54, 1.807) is 0 Å². The molecule has 0 aromatic heterocycles. The van der Waals surface area contributed by atoms with Crippen LogP contribution in [0.2, 0.25) is 0 Å². The number of carboxylic acid groups (broad SMARTS) is 1. The molecule has 0 aliphatic heterocycles. The lowest BCUT2D eigenvalue weighted by Gasteiger charge is -2.25. The van der Waals surface area contributed by atoms with Gasteiger partial charge in [0.15, 0.2) is 5.78 Å². The second-order valence-electron chi connectivity index (χ2n) is 5.47. The van der Waals surface area contributed by atoms with Crippen LogP contribution >= 0.6 is 0 Å². The van der Waals surface area contributed by atoms with Crippen molar-refractivity contribution in [1.82, 2.24) is 4.90 Å². The van der Waals surface area contributed by atoms with Gasteiger partial charge in [-0.15, -0.1) is 0 Å². The lowest BCUT2D eigenvalue weighted by atomic mass is 9.93. The van der Waals surface area contributed by atoms with E-state index >= 15 is 0 Å². The molecule has 0 saturated carbocycles. The molecule has 1 atom stereocenters. The third-order valence-corrected chi connectivity index (χ3v) is 3.48. The van der Waals surface area contributed by atoms with Crippen molar-refractivity contribution < 1.29 is 19.1 Å². The molecule has 0 heterocycles. The first-order chi connectivity index (χ1) is 10.5. The van der Waals surface area contributed by atoms with Gasteiger partial charge < -0.3 is 10.0 Å². The number of rotatable bonds is 10. The van der Waals surface area contributed by atoms with E-state index in [0.29, 0.717) is 12.1 Å². The Morgan fingerprint density at radius 2 is 1.68 bits per heavy atom. The molecular formula is C17H24FNO3. The fraction of sp³-hybridized carbons (Fsp3) is 0.529. The van der Waals surface area contributed by atoms with Crippen LogP contribution in [0.1, 0.15) is 43.5 Å². The molecule has 122 valence electrons. The van der Waals surface area contributed by atoms with Crippen molar-refractivity contribution in [2.24, 2.45) is 5.92 Å². The van der Waals surface area contributed by atoms with Crippen molar-refractivity contribution in [3.63, 3.8) is 0 Å². The molecule has 0 aliphatic rings. The zero-order chi connectivity index (χ0) is 16.5. The standard InChI is InChI=1S/C17H24FNO3/c1-3-9-19(10-4-2)12-14(11-16(20)21)17(22)13-5-7-15(18)8-6-13/h5-8,14H,3-4,9-12H2,1-2H3,(H,20,21). The number of ketones is 1. The van der Waals surface area contributed by atoms with E-state index in [9.17, 15) is 14.0 Å². The predicted octanol–water partition coefficient (Wildman–Crippen LogP) is 3.22. The Morgan fingerprint density at radius 3 is 2.14 bits per heavy atom. The van der Waals surface area contributed by atoms with Gasteiger partial charge in [-0.05, 0) is 50.2 Å². The topological polar surface area (TPSA) is 57.6 Å². The van der Waals surface area contributed by atoms with Gasteiger partial charge in [-0.1, -0.05) is 13.8 Å². The first kappa shape index (κ1) is 18.3. The maximum Gasteiger partial charge on any atom is 0.304 e. The molecule has 0 spiro atoms. The minimum absolute atomic E-state index is 0.208. The van der Waals surface area contributed by atoms with Gasteiger partial charge in [0.1, 0.15) is 5.82 Å². The summed E-state index contributed by atoms with van der Waals surface area (Å²) in [4.78, 5) is 25.7. The number of carbonyl (C=O) groups is 2. The molecule has 0 amide bonds. The zero-order valence-corrected chi connectivity index (χ0v) is 13.2. The number of halogens is 1. The third kappa shape index (κ3) is 5.93. The quantitative estimate of drug-likeness (QED) is 0.674. The number of benzene rings is 1. The summed E-state index contributed by atoms with van der Waals surface area (Å²) in [5, 5.41) is 9.07. The van der Waals surface area contributed by atoms with Gasteiger partial charge in [0.05, 0.1) is 6.42 Å². The molecule has 1 N–H and O–H groups in total. The van der Waals surface area contributed by atoms with Crippen molar-refractivity contribution in [2.75, 3.05) is 19.6 Å². The van der Waals surface area contributed by atoms with Gasteiger partial charge >= 0.3 is 5.97 Å². The lowest BCUT2D eigenvalue weighted by Crippen LogP contribution is -2.35. The Balaban J connectivity index is 2.88. The summed E-state index contributed by atoms with van der Waals surface area (Å²) in [6.07, 6.45) is 1.69. The molecule has 1 unspecified atom stereocenters. The number of nitrogens with zero attached hydrogens (tertiary/aromatic N) is 1. The average molecular weight is 309 g/mol. The molecule has 0 saturated heterocycles. The SMILES string of the molecule is CCCN(CCC)CC(CC(=O)O)C(=O)c1ccc(F)cc1. The molecule has 22 heavy (non-hydrogen) atoms. The van der Waals surface area contributed by atoms with Crippen molar-refractivity contribution in [3.8, 4) is 0 Å². The van der Waals surface area contributed by atoms with Gasteiger partial charge in [-0.25, -0.2) is 4.39 Å². The van der Waals surface area contributed by atoms with Crippen molar-refractivity contribution >= 4 is 11.8 Å². The summed E-state index contributed by atoms with van der Waals surface area (Å²) < 4.78 is 13.0. The molecule has 0 fully saturated rings. The molecule has 1 aromatic rings. The zero-order valence-electron chi connectivity index (χ0n) is 13.2. The van der Waals surface area contributed by atoms with Gasteiger partial charge in [-0.3, -0.25) is 9.59 Å². The Morgan fingerprint density at radius 1 is 1.14 bits per heavy atom. The van der Waals surface area contributed by atoms with Crippen LogP contribution < -0.4 is 0 Å². The second-order valence-corrected chi connectivity index (χ2v) is 5.47. The number of hydrogen-bond donors (Lipinski definition) is 1. The Hall–Kier alpha value is -1.75. The number of carbonyl (C=O) groups excluding carboxylic acids is 1. The fourth-order valence-corrected chi connectivity index (χ4v) is 2.54. The van der Waals surface area contributed by atoms with Crippen LogP contribution in [-0.4, -0.2) is 41.4 Å².